The van der Waals surface area contributed by atoms with Gasteiger partial charge in [0.1, 0.15) is 18.0 Å². The van der Waals surface area contributed by atoms with Crippen LogP contribution in [0.4, 0.5) is 4.79 Å². The van der Waals surface area contributed by atoms with Gasteiger partial charge in [-0.05, 0) is 79.9 Å². The second-order valence-corrected chi connectivity index (χ2v) is 9.20. The van der Waals surface area contributed by atoms with Gasteiger partial charge < -0.3 is 24.8 Å². The van der Waals surface area contributed by atoms with Gasteiger partial charge >= 0.3 is 6.09 Å². The minimum atomic E-state index is -0.729. The number of hydrogen-bond donors (Lipinski definition) is 1. The zero-order chi connectivity index (χ0) is 22.6. The standard InChI is InChI=1S/C26H34N2O4/c1-26(32-25(27)29,17-22-18-28-13-11-21(22)12-14-28)23-7-3-19(4-8-23)20-5-9-24(10-6-20)31-16-15-30-2/h3-10,21-22H,11-18H2,1-2H3,(H2,27,29). The molecule has 2 bridgehead atoms. The normalized spacial score (nSPS) is 24.0. The molecule has 172 valence electrons. The van der Waals surface area contributed by atoms with E-state index in [1.165, 1.54) is 25.9 Å². The van der Waals surface area contributed by atoms with Crippen molar-refractivity contribution in [2.24, 2.45) is 17.6 Å². The topological polar surface area (TPSA) is 74.0 Å². The van der Waals surface area contributed by atoms with E-state index in [-0.39, 0.29) is 0 Å². The number of hydrogen-bond acceptors (Lipinski definition) is 5. The van der Waals surface area contributed by atoms with Gasteiger partial charge in [-0.25, -0.2) is 4.79 Å². The van der Waals surface area contributed by atoms with Gasteiger partial charge in [-0.2, -0.15) is 0 Å². The molecule has 3 saturated heterocycles. The number of primary amides is 1. The summed E-state index contributed by atoms with van der Waals surface area (Å²) in [5.74, 6) is 2.05. The number of methoxy groups -OCH3 is 1. The van der Waals surface area contributed by atoms with Gasteiger partial charge in [0.25, 0.3) is 0 Å². The van der Waals surface area contributed by atoms with Crippen molar-refractivity contribution in [1.29, 1.82) is 0 Å². The molecule has 0 aromatic heterocycles. The summed E-state index contributed by atoms with van der Waals surface area (Å²) in [7, 11) is 1.66. The molecule has 2 aromatic rings. The first-order valence-electron chi connectivity index (χ1n) is 11.5. The third-order valence-electron chi connectivity index (χ3n) is 7.01. The summed E-state index contributed by atoms with van der Waals surface area (Å²) < 4.78 is 16.4. The van der Waals surface area contributed by atoms with Crippen LogP contribution in [-0.4, -0.2) is 51.0 Å². The van der Waals surface area contributed by atoms with Gasteiger partial charge in [0.05, 0.1) is 6.61 Å². The van der Waals surface area contributed by atoms with E-state index in [9.17, 15) is 4.79 Å². The van der Waals surface area contributed by atoms with Gasteiger partial charge in [-0.15, -0.1) is 0 Å². The highest BCUT2D eigenvalue weighted by Crippen LogP contribution is 2.41. The van der Waals surface area contributed by atoms with Crippen molar-refractivity contribution < 1.29 is 19.0 Å². The minimum Gasteiger partial charge on any atom is -0.491 e. The molecule has 2 aromatic carbocycles. The predicted molar refractivity (Wildman–Crippen MR) is 125 cm³/mol. The average molecular weight is 439 g/mol. The molecule has 2 N–H and O–H groups in total. The lowest BCUT2D eigenvalue weighted by atomic mass is 9.72. The summed E-state index contributed by atoms with van der Waals surface area (Å²) in [6.07, 6.45) is 2.55. The maximum absolute atomic E-state index is 11.8. The Morgan fingerprint density at radius 1 is 1.03 bits per heavy atom. The van der Waals surface area contributed by atoms with E-state index in [0.29, 0.717) is 25.0 Å². The SMILES string of the molecule is COCCOc1ccc(-c2ccc(C(C)(CC3CN4CCC3CC4)OC(N)=O)cc2)cc1. The van der Waals surface area contributed by atoms with Crippen LogP contribution in [0.3, 0.4) is 0 Å². The summed E-state index contributed by atoms with van der Waals surface area (Å²) >= 11 is 0. The Morgan fingerprint density at radius 3 is 2.19 bits per heavy atom. The molecule has 2 unspecified atom stereocenters. The molecular weight excluding hydrogens is 404 g/mol. The molecule has 0 radical (unpaired) electrons. The van der Waals surface area contributed by atoms with E-state index in [1.54, 1.807) is 7.11 Å². The van der Waals surface area contributed by atoms with Crippen LogP contribution < -0.4 is 10.5 Å². The summed E-state index contributed by atoms with van der Waals surface area (Å²) in [6.45, 7) is 6.56. The zero-order valence-electron chi connectivity index (χ0n) is 19.1. The number of rotatable bonds is 9. The molecule has 0 saturated carbocycles. The van der Waals surface area contributed by atoms with Crippen LogP contribution in [0.2, 0.25) is 0 Å². The van der Waals surface area contributed by atoms with Crippen LogP contribution in [0.15, 0.2) is 48.5 Å². The lowest BCUT2D eigenvalue weighted by Gasteiger charge is -2.47. The van der Waals surface area contributed by atoms with Crippen LogP contribution >= 0.6 is 0 Å². The highest BCUT2D eigenvalue weighted by molar-refractivity contribution is 5.66. The third-order valence-corrected chi connectivity index (χ3v) is 7.01. The van der Waals surface area contributed by atoms with Crippen molar-refractivity contribution in [3.8, 4) is 16.9 Å². The van der Waals surface area contributed by atoms with E-state index in [4.69, 9.17) is 19.9 Å². The fourth-order valence-electron chi connectivity index (χ4n) is 5.26. The predicted octanol–water partition coefficient (Wildman–Crippen LogP) is 4.42. The smallest absolute Gasteiger partial charge is 0.405 e. The van der Waals surface area contributed by atoms with Crippen molar-refractivity contribution in [2.45, 2.75) is 31.8 Å². The Hall–Kier alpha value is -2.57. The van der Waals surface area contributed by atoms with E-state index < -0.39 is 11.7 Å². The maximum Gasteiger partial charge on any atom is 0.405 e. The van der Waals surface area contributed by atoms with Gasteiger partial charge in [-0.3, -0.25) is 0 Å². The minimum absolute atomic E-state index is 0.521. The Morgan fingerprint density at radius 2 is 1.66 bits per heavy atom. The van der Waals surface area contributed by atoms with Crippen molar-refractivity contribution in [3.05, 3.63) is 54.1 Å². The van der Waals surface area contributed by atoms with Crippen LogP contribution in [0, 0.1) is 11.8 Å². The summed E-state index contributed by atoms with van der Waals surface area (Å²) in [6, 6.07) is 16.3. The molecule has 6 nitrogen and oxygen atoms in total. The number of carbonyl (C=O) groups is 1. The molecule has 3 aliphatic rings. The zero-order valence-corrected chi connectivity index (χ0v) is 19.1. The number of amides is 1. The van der Waals surface area contributed by atoms with E-state index in [0.717, 1.165) is 35.4 Å². The Labute approximate surface area is 190 Å². The molecular formula is C26H34N2O4. The fraction of sp³-hybridized carbons (Fsp3) is 0.500. The first-order valence-corrected chi connectivity index (χ1v) is 11.5. The van der Waals surface area contributed by atoms with Crippen molar-refractivity contribution in [3.63, 3.8) is 0 Å². The van der Waals surface area contributed by atoms with E-state index in [2.05, 4.69) is 29.2 Å². The average Bonchev–Trinajstić information content (AvgIpc) is 2.80. The van der Waals surface area contributed by atoms with Crippen LogP contribution in [0.5, 0.6) is 5.75 Å². The molecule has 0 aliphatic carbocycles. The number of carbonyl (C=O) groups excluding carboxylic acids is 1. The summed E-state index contributed by atoms with van der Waals surface area (Å²) in [4.78, 5) is 14.3. The highest BCUT2D eigenvalue weighted by atomic mass is 16.6. The molecule has 0 spiro atoms. The molecule has 3 aliphatic heterocycles. The quantitative estimate of drug-likeness (QED) is 0.587. The second kappa shape index (κ2) is 9.92. The Kier molecular flexibility index (Phi) is 7.01. The number of piperidine rings is 3. The van der Waals surface area contributed by atoms with Crippen LogP contribution in [0.25, 0.3) is 11.1 Å². The van der Waals surface area contributed by atoms with Crippen molar-refractivity contribution >= 4 is 6.09 Å². The molecule has 2 atom stereocenters. The second-order valence-electron chi connectivity index (χ2n) is 9.20. The molecule has 32 heavy (non-hydrogen) atoms. The monoisotopic (exact) mass is 438 g/mol. The summed E-state index contributed by atoms with van der Waals surface area (Å²) in [5.41, 5.74) is 7.94. The Bertz CT molecular complexity index is 891. The number of nitrogens with zero attached hydrogens (tertiary/aromatic N) is 1. The van der Waals surface area contributed by atoms with Gasteiger partial charge in [0, 0.05) is 13.7 Å². The van der Waals surface area contributed by atoms with E-state index in [1.807, 2.05) is 31.2 Å². The fourth-order valence-corrected chi connectivity index (χ4v) is 5.26. The molecule has 1 amide bonds. The van der Waals surface area contributed by atoms with Crippen LogP contribution in [-0.2, 0) is 15.1 Å². The van der Waals surface area contributed by atoms with Crippen LogP contribution in [0.1, 0.15) is 31.7 Å². The molecule has 5 rings (SSSR count). The van der Waals surface area contributed by atoms with Gasteiger partial charge in [0.15, 0.2) is 0 Å². The first-order chi connectivity index (χ1) is 15.5. The Balaban J connectivity index is 1.48. The largest absolute Gasteiger partial charge is 0.491 e. The van der Waals surface area contributed by atoms with E-state index >= 15 is 0 Å². The number of fused-ring (bicyclic) bond motifs is 3. The number of benzene rings is 2. The van der Waals surface area contributed by atoms with Crippen molar-refractivity contribution in [2.75, 3.05) is 40.0 Å². The van der Waals surface area contributed by atoms with Crippen molar-refractivity contribution in [1.82, 2.24) is 4.90 Å². The number of ether oxygens (including phenoxy) is 3. The lowest BCUT2D eigenvalue weighted by Crippen LogP contribution is -2.49. The van der Waals surface area contributed by atoms with Gasteiger partial charge in [-0.1, -0.05) is 36.4 Å². The molecule has 6 heteroatoms. The molecule has 3 fully saturated rings. The third kappa shape index (κ3) is 5.25. The first kappa shape index (κ1) is 22.6. The van der Waals surface area contributed by atoms with Gasteiger partial charge in [0.2, 0.25) is 0 Å². The lowest BCUT2D eigenvalue weighted by molar-refractivity contribution is -0.0325. The summed E-state index contributed by atoms with van der Waals surface area (Å²) in [5, 5.41) is 0. The maximum atomic E-state index is 11.8. The number of nitrogens with two attached hydrogens (primary N) is 1. The highest BCUT2D eigenvalue weighted by Gasteiger charge is 2.41. The molecule has 3 heterocycles.